The third-order valence-electron chi connectivity index (χ3n) is 6.17. The predicted octanol–water partition coefficient (Wildman–Crippen LogP) is -13.6. The molecule has 0 aliphatic rings. The molecule has 3 aromatic rings. The Bertz CT molecular complexity index is 1560. The maximum atomic E-state index is 11.0. The maximum absolute atomic E-state index is 11.0. The first kappa shape index (κ1) is 47.7. The van der Waals surface area contributed by atoms with Crippen molar-refractivity contribution < 1.29 is 158 Å². The van der Waals surface area contributed by atoms with Crippen molar-refractivity contribution in [2.75, 3.05) is 36.0 Å². The molecule has 0 aromatic heterocycles. The molecule has 0 spiro atoms. The van der Waals surface area contributed by atoms with Gasteiger partial charge in [-0.2, -0.15) is 10.5 Å². The Hall–Kier alpha value is -2.40. The van der Waals surface area contributed by atoms with E-state index in [-0.39, 0.29) is 129 Å². The summed E-state index contributed by atoms with van der Waals surface area (Å²) in [5, 5.41) is 63.3. The van der Waals surface area contributed by atoms with Crippen LogP contribution in [0.15, 0.2) is 60.7 Å². The second-order valence-corrected chi connectivity index (χ2v) is 9.30. The average Bonchev–Trinajstić information content (AvgIpc) is 2.97. The molecule has 0 radical (unpaired) electrons. The molecule has 0 atom stereocenters. The van der Waals surface area contributed by atoms with Gasteiger partial charge < -0.3 is 49.4 Å². The summed E-state index contributed by atoms with van der Waals surface area (Å²) in [6, 6.07) is 19.9. The zero-order chi connectivity index (χ0) is 32.2. The molecule has 16 heteroatoms. The summed E-state index contributed by atoms with van der Waals surface area (Å²) < 4.78 is 0. The second kappa shape index (κ2) is 23.9. The Morgan fingerprint density at radius 1 is 0.521 bits per heavy atom. The van der Waals surface area contributed by atoms with Gasteiger partial charge in [0.2, 0.25) is 0 Å². The van der Waals surface area contributed by atoms with E-state index in [9.17, 15) is 50.1 Å². The minimum Gasteiger partial charge on any atom is -0.548 e. The molecule has 0 bridgehead atoms. The Labute approximate surface area is 365 Å². The quantitative estimate of drug-likeness (QED) is 0.115. The fraction of sp³-hybridized carbons (Fsp3) is 0.125. The molecule has 12 nitrogen and oxygen atoms in total. The fourth-order valence-corrected chi connectivity index (χ4v) is 4.17. The van der Waals surface area contributed by atoms with Crippen molar-refractivity contribution in [3.05, 3.63) is 94.0 Å². The van der Waals surface area contributed by atoms with Crippen molar-refractivity contribution >= 4 is 59.6 Å². The number of aliphatic carboxylic acids is 4. The van der Waals surface area contributed by atoms with Crippen LogP contribution in [-0.4, -0.2) is 50.1 Å². The summed E-state index contributed by atoms with van der Waals surface area (Å²) >= 11 is 0. The number of carboxylic acids is 4. The molecule has 0 amide bonds. The Morgan fingerprint density at radius 3 is 1.02 bits per heavy atom. The van der Waals surface area contributed by atoms with E-state index in [1.807, 2.05) is 0 Å². The predicted molar refractivity (Wildman–Crippen MR) is 151 cm³/mol. The van der Waals surface area contributed by atoms with Gasteiger partial charge in [-0.3, -0.25) is 0 Å². The van der Waals surface area contributed by atoms with Crippen molar-refractivity contribution in [1.82, 2.24) is 0 Å². The number of carboxylic acid groups (broad SMARTS) is 4. The summed E-state index contributed by atoms with van der Waals surface area (Å²) in [5.41, 5.74) is 3.46. The van der Waals surface area contributed by atoms with Crippen molar-refractivity contribution in [3.8, 4) is 12.1 Å². The van der Waals surface area contributed by atoms with Gasteiger partial charge in [0.25, 0.3) is 0 Å². The van der Waals surface area contributed by atoms with Crippen LogP contribution in [0.4, 0.5) is 11.4 Å². The monoisotopic (exact) mass is 682 g/mol. The molecule has 0 saturated carbocycles. The van der Waals surface area contributed by atoms with Gasteiger partial charge >= 0.3 is 118 Å². The van der Waals surface area contributed by atoms with Gasteiger partial charge in [-0.15, -0.1) is 0 Å². The molecule has 3 aromatic carbocycles. The van der Waals surface area contributed by atoms with E-state index in [2.05, 4.69) is 12.1 Å². The van der Waals surface area contributed by atoms with E-state index in [0.717, 1.165) is 9.80 Å². The van der Waals surface area contributed by atoms with Crippen LogP contribution in [0.25, 0.3) is 24.3 Å². The summed E-state index contributed by atoms with van der Waals surface area (Å²) in [4.78, 5) is 46.0. The summed E-state index contributed by atoms with van der Waals surface area (Å²) in [6.45, 7) is -2.53. The minimum absolute atomic E-state index is 0. The first-order valence-electron chi connectivity index (χ1n) is 12.8. The Balaban J connectivity index is 0. The number of nitrogens with zero attached hydrogens (tertiary/aromatic N) is 4. The normalized spacial score (nSPS) is 9.79. The van der Waals surface area contributed by atoms with Crippen LogP contribution in [0.1, 0.15) is 33.4 Å². The van der Waals surface area contributed by atoms with E-state index in [4.69, 9.17) is 0 Å². The first-order chi connectivity index (χ1) is 21.0. The first-order valence-corrected chi connectivity index (χ1v) is 12.8. The van der Waals surface area contributed by atoms with Crippen LogP contribution in [0.2, 0.25) is 0 Å². The van der Waals surface area contributed by atoms with Crippen LogP contribution in [-0.2, 0) is 19.2 Å². The minimum atomic E-state index is -1.45. The number of anilines is 2. The Kier molecular flexibility index (Phi) is 23.7. The van der Waals surface area contributed by atoms with Gasteiger partial charge in [0, 0.05) is 11.4 Å². The molecule has 0 heterocycles. The van der Waals surface area contributed by atoms with Crippen LogP contribution < -0.4 is 148 Å². The number of carbonyl (C=O) groups excluding carboxylic acids is 4. The van der Waals surface area contributed by atoms with Crippen molar-refractivity contribution in [2.45, 2.75) is 0 Å². The number of hydrogen-bond donors (Lipinski definition) is 0. The van der Waals surface area contributed by atoms with E-state index < -0.39 is 50.1 Å². The van der Waals surface area contributed by atoms with E-state index in [1.54, 1.807) is 60.7 Å². The summed E-state index contributed by atoms with van der Waals surface area (Å²) in [7, 11) is 0. The molecule has 0 N–H and O–H groups in total. The molecule has 0 aliphatic carbocycles. The number of benzene rings is 3. The van der Waals surface area contributed by atoms with Crippen molar-refractivity contribution in [3.63, 3.8) is 0 Å². The topological polar surface area (TPSA) is 215 Å². The van der Waals surface area contributed by atoms with Gasteiger partial charge in [0.15, 0.2) is 0 Å². The fourth-order valence-electron chi connectivity index (χ4n) is 4.17. The standard InChI is InChI=1S/C32H26N4O8.4Na/c33-15-25-14-24(8-2-22-5-11-28(12-6-22)36(19-31(41)42)20-32(43)44)26(16-34)13-23(25)7-1-21-3-9-27(10-4-21)35(17-29(37)38)18-30(39)40;;;;/h1-14H,17-20H2,(H,37,38)(H,39,40)(H,41,42)(H,43,44);;;;/q;4*+1/p-4/b7-1+,8-2+;;;;. The van der Waals surface area contributed by atoms with Gasteiger partial charge in [-0.1, -0.05) is 48.6 Å². The molecule has 3 rings (SSSR count). The molecular weight excluding hydrogens is 660 g/mol. The van der Waals surface area contributed by atoms with Crippen molar-refractivity contribution in [2.24, 2.45) is 0 Å². The number of rotatable bonds is 14. The Morgan fingerprint density at radius 2 is 0.792 bits per heavy atom. The van der Waals surface area contributed by atoms with Crippen LogP contribution in [0.5, 0.6) is 0 Å². The van der Waals surface area contributed by atoms with Crippen LogP contribution in [0.3, 0.4) is 0 Å². The molecular formula is C32H22N4Na4O8. The van der Waals surface area contributed by atoms with Crippen molar-refractivity contribution in [1.29, 1.82) is 10.5 Å². The third kappa shape index (κ3) is 15.4. The van der Waals surface area contributed by atoms with Gasteiger partial charge in [-0.25, -0.2) is 0 Å². The zero-order valence-electron chi connectivity index (χ0n) is 27.0. The average molecular weight is 683 g/mol. The van der Waals surface area contributed by atoms with E-state index >= 15 is 0 Å². The second-order valence-electron chi connectivity index (χ2n) is 9.30. The molecule has 48 heavy (non-hydrogen) atoms. The molecule has 0 saturated heterocycles. The third-order valence-corrected chi connectivity index (χ3v) is 6.17. The van der Waals surface area contributed by atoms with E-state index in [1.165, 1.54) is 24.3 Å². The van der Waals surface area contributed by atoms with Gasteiger partial charge in [-0.05, 0) is 58.7 Å². The largest absolute Gasteiger partial charge is 1.00 e. The van der Waals surface area contributed by atoms with Gasteiger partial charge in [0.1, 0.15) is 0 Å². The number of carbonyl (C=O) groups is 4. The summed E-state index contributed by atoms with van der Waals surface area (Å²) in [6.07, 6.45) is 6.60. The molecule has 0 unspecified atom stereocenters. The number of hydrogen-bond acceptors (Lipinski definition) is 12. The summed E-state index contributed by atoms with van der Waals surface area (Å²) in [5.74, 6) is -5.79. The van der Waals surface area contributed by atoms with Crippen LogP contribution >= 0.6 is 0 Å². The zero-order valence-corrected chi connectivity index (χ0v) is 35.0. The van der Waals surface area contributed by atoms with Crippen LogP contribution in [0, 0.1) is 22.7 Å². The smallest absolute Gasteiger partial charge is 0.548 e. The van der Waals surface area contributed by atoms with E-state index in [0.29, 0.717) is 33.6 Å². The molecule has 222 valence electrons. The van der Waals surface area contributed by atoms with Gasteiger partial charge in [0.05, 0.1) is 73.3 Å². The molecule has 0 aliphatic heterocycles. The maximum Gasteiger partial charge on any atom is 1.00 e. The number of nitriles is 2. The molecule has 0 fully saturated rings. The SMILES string of the molecule is N#Cc1cc(/C=C/c2ccc(N(CC(=O)[O-])CC(=O)[O-])cc2)c(C#N)cc1/C=C/c1ccc(N(CC(=O)[O-])CC(=O)[O-])cc1.[Na+].[Na+].[Na+].[Na+].